The van der Waals surface area contributed by atoms with E-state index in [1.165, 1.54) is 38.1 Å². The SMILES string of the molecule is CC.CC(=O)OCOc1cc2oc3c(C)c(=O)c(F)cc-3c(-c3ccc(C(=O)O)cc3C)c2cc1F. The lowest BCUT2D eigenvalue weighted by atomic mass is 9.89. The lowest BCUT2D eigenvalue weighted by Crippen LogP contribution is -2.13. The van der Waals surface area contributed by atoms with Gasteiger partial charge in [0.05, 0.1) is 5.56 Å². The van der Waals surface area contributed by atoms with Gasteiger partial charge in [0.1, 0.15) is 11.3 Å². The Balaban J connectivity index is 0.00000176. The van der Waals surface area contributed by atoms with E-state index in [1.807, 2.05) is 13.8 Å². The molecular formula is C27H24F2O7. The molecular weight excluding hydrogens is 474 g/mol. The third kappa shape index (κ3) is 4.91. The Kier molecular flexibility index (Phi) is 7.72. The van der Waals surface area contributed by atoms with Crippen LogP contribution in [0.3, 0.4) is 0 Å². The molecule has 1 aliphatic heterocycles. The van der Waals surface area contributed by atoms with Gasteiger partial charge in [-0.1, -0.05) is 19.9 Å². The second-order valence-corrected chi connectivity index (χ2v) is 7.68. The zero-order valence-electron chi connectivity index (χ0n) is 20.3. The number of benzene rings is 3. The predicted octanol–water partition coefficient (Wildman–Crippen LogP) is 6.08. The standard InChI is InChI=1S/C25H18F2O7.C2H6/c1-11-6-14(25(30)31)4-5-15(11)22-16-7-18(26)21(33-10-32-13(3)28)9-20(16)34-24-12(2)23(29)19(27)8-17(22)24;1-2/h4-9H,10H2,1-3H3,(H,30,31);1-2H3. The molecule has 9 heteroatoms. The van der Waals surface area contributed by atoms with Gasteiger partial charge in [-0.25, -0.2) is 13.6 Å². The minimum Gasteiger partial charge on any atom is -0.478 e. The van der Waals surface area contributed by atoms with E-state index in [2.05, 4.69) is 4.74 Å². The van der Waals surface area contributed by atoms with Crippen molar-refractivity contribution < 1.29 is 37.4 Å². The molecule has 1 heterocycles. The number of carboxylic acids is 1. The first-order valence-electron chi connectivity index (χ1n) is 11.1. The molecule has 7 nitrogen and oxygen atoms in total. The van der Waals surface area contributed by atoms with Crippen LogP contribution in [-0.4, -0.2) is 23.8 Å². The Morgan fingerprint density at radius 1 is 1.00 bits per heavy atom. The molecule has 188 valence electrons. The molecule has 0 bridgehead atoms. The molecule has 0 aromatic heterocycles. The number of halogens is 2. The van der Waals surface area contributed by atoms with Crippen molar-refractivity contribution in [2.24, 2.45) is 0 Å². The van der Waals surface area contributed by atoms with Crippen LogP contribution in [0, 0.1) is 25.5 Å². The molecule has 0 atom stereocenters. The van der Waals surface area contributed by atoms with Crippen molar-refractivity contribution in [2.75, 3.05) is 6.79 Å². The molecule has 0 radical (unpaired) electrons. The molecule has 2 aliphatic rings. The van der Waals surface area contributed by atoms with Crippen molar-refractivity contribution in [1.29, 1.82) is 0 Å². The van der Waals surface area contributed by atoms with Crippen LogP contribution < -0.4 is 10.2 Å². The Morgan fingerprint density at radius 2 is 1.69 bits per heavy atom. The summed E-state index contributed by atoms with van der Waals surface area (Å²) in [5.41, 5.74) is 0.969. The van der Waals surface area contributed by atoms with Gasteiger partial charge in [0, 0.05) is 35.1 Å². The number of hydrogen-bond donors (Lipinski definition) is 1. The maximum atomic E-state index is 14.9. The Morgan fingerprint density at radius 3 is 2.31 bits per heavy atom. The Labute approximate surface area is 205 Å². The van der Waals surface area contributed by atoms with E-state index in [4.69, 9.17) is 9.15 Å². The number of carbonyl (C=O) groups is 2. The van der Waals surface area contributed by atoms with Gasteiger partial charge in [-0.3, -0.25) is 9.59 Å². The third-order valence-electron chi connectivity index (χ3n) is 5.42. The number of aromatic carboxylic acids is 1. The summed E-state index contributed by atoms with van der Waals surface area (Å²) in [6, 6.07) is 7.75. The number of ether oxygens (including phenoxy) is 2. The average molecular weight is 498 g/mol. The quantitative estimate of drug-likeness (QED) is 0.202. The fraction of sp³-hybridized carbons (Fsp3) is 0.222. The minimum atomic E-state index is -1.12. The molecule has 2 aromatic rings. The first-order valence-corrected chi connectivity index (χ1v) is 11.1. The first kappa shape index (κ1) is 26.3. The second kappa shape index (κ2) is 10.6. The molecule has 4 rings (SSSR count). The smallest absolute Gasteiger partial charge is 0.335 e. The molecule has 0 fully saturated rings. The van der Waals surface area contributed by atoms with E-state index >= 15 is 0 Å². The zero-order chi connectivity index (χ0) is 26.7. The van der Waals surface area contributed by atoms with E-state index in [-0.39, 0.29) is 39.2 Å². The highest BCUT2D eigenvalue weighted by molar-refractivity contribution is 6.03. The highest BCUT2D eigenvalue weighted by atomic mass is 19.1. The van der Waals surface area contributed by atoms with Crippen LogP contribution in [0.1, 0.15) is 42.3 Å². The topological polar surface area (TPSA) is 103 Å². The number of aryl methyl sites for hydroxylation is 1. The van der Waals surface area contributed by atoms with Crippen molar-refractivity contribution >= 4 is 22.9 Å². The summed E-state index contributed by atoms with van der Waals surface area (Å²) in [6.07, 6.45) is 0. The van der Waals surface area contributed by atoms with Crippen molar-refractivity contribution in [3.05, 3.63) is 74.9 Å². The molecule has 0 unspecified atom stereocenters. The fourth-order valence-corrected chi connectivity index (χ4v) is 3.78. The van der Waals surface area contributed by atoms with Gasteiger partial charge in [0.2, 0.25) is 12.2 Å². The van der Waals surface area contributed by atoms with Crippen LogP contribution in [-0.2, 0) is 9.53 Å². The van der Waals surface area contributed by atoms with Crippen LogP contribution in [0.4, 0.5) is 8.78 Å². The highest BCUT2D eigenvalue weighted by Crippen LogP contribution is 2.43. The number of carbonyl (C=O) groups excluding carboxylic acids is 1. The summed E-state index contributed by atoms with van der Waals surface area (Å²) in [7, 11) is 0. The number of rotatable bonds is 5. The van der Waals surface area contributed by atoms with Crippen LogP contribution in [0.25, 0.3) is 33.4 Å². The number of fused-ring (bicyclic) bond motifs is 2. The van der Waals surface area contributed by atoms with E-state index in [0.29, 0.717) is 16.7 Å². The normalized spacial score (nSPS) is 10.6. The molecule has 2 aromatic carbocycles. The summed E-state index contributed by atoms with van der Waals surface area (Å²) in [5.74, 6) is -3.70. The maximum Gasteiger partial charge on any atom is 0.335 e. The summed E-state index contributed by atoms with van der Waals surface area (Å²) in [5, 5.41) is 9.54. The van der Waals surface area contributed by atoms with E-state index < -0.39 is 35.8 Å². The summed E-state index contributed by atoms with van der Waals surface area (Å²) in [6.45, 7) is 7.73. The van der Waals surface area contributed by atoms with Crippen LogP contribution >= 0.6 is 0 Å². The van der Waals surface area contributed by atoms with Crippen molar-refractivity contribution in [3.8, 4) is 28.2 Å². The molecule has 0 saturated carbocycles. The lowest BCUT2D eigenvalue weighted by Gasteiger charge is -2.19. The van der Waals surface area contributed by atoms with E-state index in [1.54, 1.807) is 6.92 Å². The van der Waals surface area contributed by atoms with Gasteiger partial charge in [-0.05, 0) is 49.2 Å². The van der Waals surface area contributed by atoms with Gasteiger partial charge in [-0.2, -0.15) is 0 Å². The van der Waals surface area contributed by atoms with Gasteiger partial charge in [0.25, 0.3) is 0 Å². The van der Waals surface area contributed by atoms with Crippen LogP contribution in [0.2, 0.25) is 0 Å². The zero-order valence-corrected chi connectivity index (χ0v) is 20.3. The largest absolute Gasteiger partial charge is 0.478 e. The maximum absolute atomic E-state index is 14.9. The summed E-state index contributed by atoms with van der Waals surface area (Å²) >= 11 is 0. The molecule has 0 spiro atoms. The third-order valence-corrected chi connectivity index (χ3v) is 5.42. The average Bonchev–Trinajstić information content (AvgIpc) is 2.83. The minimum absolute atomic E-state index is 0.0182. The van der Waals surface area contributed by atoms with Gasteiger partial charge in [0.15, 0.2) is 17.4 Å². The first-order chi connectivity index (χ1) is 17.1. The molecule has 0 saturated heterocycles. The Bertz CT molecular complexity index is 1500. The van der Waals surface area contributed by atoms with Gasteiger partial charge >= 0.3 is 11.9 Å². The summed E-state index contributed by atoms with van der Waals surface area (Å²) < 4.78 is 45.1. The van der Waals surface area contributed by atoms with Crippen molar-refractivity contribution in [3.63, 3.8) is 0 Å². The lowest BCUT2D eigenvalue weighted by molar-refractivity contribution is -0.147. The van der Waals surface area contributed by atoms with Gasteiger partial charge in [-0.15, -0.1) is 0 Å². The molecule has 36 heavy (non-hydrogen) atoms. The molecule has 1 N–H and O–H groups in total. The fourth-order valence-electron chi connectivity index (χ4n) is 3.78. The van der Waals surface area contributed by atoms with E-state index in [9.17, 15) is 28.3 Å². The molecule has 1 aliphatic carbocycles. The van der Waals surface area contributed by atoms with E-state index in [0.717, 1.165) is 12.1 Å². The molecule has 0 amide bonds. The van der Waals surface area contributed by atoms with Gasteiger partial charge < -0.3 is 19.0 Å². The number of hydrogen-bond acceptors (Lipinski definition) is 6. The predicted molar refractivity (Wildman–Crippen MR) is 130 cm³/mol. The van der Waals surface area contributed by atoms with Crippen LogP contribution in [0.5, 0.6) is 5.75 Å². The Hall–Kier alpha value is -4.27. The van der Waals surface area contributed by atoms with Crippen LogP contribution in [0.15, 0.2) is 45.6 Å². The van der Waals surface area contributed by atoms with Crippen molar-refractivity contribution in [2.45, 2.75) is 34.6 Å². The number of esters is 1. The highest BCUT2D eigenvalue weighted by Gasteiger charge is 2.25. The monoisotopic (exact) mass is 498 g/mol. The summed E-state index contributed by atoms with van der Waals surface area (Å²) in [4.78, 5) is 34.6. The number of carboxylic acid groups (broad SMARTS) is 1. The van der Waals surface area contributed by atoms with Crippen molar-refractivity contribution in [1.82, 2.24) is 0 Å². The second-order valence-electron chi connectivity index (χ2n) is 7.68.